The number of thiocarbonyl (C=S) groups is 1. The normalized spacial score (nSPS) is 14.7. The molecule has 0 radical (unpaired) electrons. The van der Waals surface area contributed by atoms with Crippen molar-refractivity contribution in [2.24, 2.45) is 0 Å². The monoisotopic (exact) mass is 518 g/mol. The Balaban J connectivity index is 1.38. The molecule has 0 atom stereocenters. The van der Waals surface area contributed by atoms with E-state index in [1.165, 1.54) is 16.7 Å². The predicted octanol–water partition coefficient (Wildman–Crippen LogP) is 6.01. The smallest absolute Gasteiger partial charge is 0.266 e. The molecule has 10 heteroatoms. The van der Waals surface area contributed by atoms with Gasteiger partial charge in [0.15, 0.2) is 6.61 Å². The summed E-state index contributed by atoms with van der Waals surface area (Å²) in [4.78, 5) is 27.0. The molecule has 0 unspecified atom stereocenters. The van der Waals surface area contributed by atoms with Gasteiger partial charge in [-0.3, -0.25) is 14.5 Å². The maximum absolute atomic E-state index is 12.8. The van der Waals surface area contributed by atoms with E-state index in [1.807, 2.05) is 6.07 Å². The highest BCUT2D eigenvalue weighted by Gasteiger charge is 2.32. The number of ether oxygens (including phenoxy) is 1. The average Bonchev–Trinajstić information content (AvgIpc) is 3.39. The van der Waals surface area contributed by atoms with Gasteiger partial charge in [0.2, 0.25) is 0 Å². The molecule has 0 spiro atoms. The molecule has 6 nitrogen and oxygen atoms in total. The van der Waals surface area contributed by atoms with E-state index < -0.39 is 0 Å². The number of rotatable bonds is 7. The summed E-state index contributed by atoms with van der Waals surface area (Å²) < 4.78 is 11.4. The number of nitrogens with zero attached hydrogens (tertiary/aromatic N) is 1. The lowest BCUT2D eigenvalue weighted by molar-refractivity contribution is -0.122. The van der Waals surface area contributed by atoms with Gasteiger partial charge in [-0.15, -0.1) is 0 Å². The second kappa shape index (κ2) is 10.4. The van der Waals surface area contributed by atoms with Crippen LogP contribution in [0.4, 0.5) is 5.69 Å². The minimum Gasteiger partial charge on any atom is -0.484 e. The number of benzene rings is 2. The standard InChI is InChI=1S/C23H16Cl2N2O4S2/c24-18-7-6-15(11-19(18)25)26-21(28)13-31-16-4-1-3-14(9-16)10-20-22(29)27(23(32)33-20)12-17-5-2-8-30-17/h1-11H,12-13H2,(H,26,28)/b20-10-. The highest BCUT2D eigenvalue weighted by Crippen LogP contribution is 2.34. The molecule has 1 fully saturated rings. The van der Waals surface area contributed by atoms with Gasteiger partial charge in [-0.25, -0.2) is 0 Å². The molecular formula is C23H16Cl2N2O4S2. The summed E-state index contributed by atoms with van der Waals surface area (Å²) in [5, 5.41) is 3.44. The summed E-state index contributed by atoms with van der Waals surface area (Å²) in [6, 6.07) is 15.4. The van der Waals surface area contributed by atoms with Crippen molar-refractivity contribution in [1.29, 1.82) is 0 Å². The van der Waals surface area contributed by atoms with Gasteiger partial charge in [0.25, 0.3) is 11.8 Å². The summed E-state index contributed by atoms with van der Waals surface area (Å²) in [5.41, 5.74) is 1.26. The SMILES string of the molecule is O=C(COc1cccc(/C=C2\SC(=S)N(Cc3ccco3)C2=O)c1)Nc1ccc(Cl)c(Cl)c1. The maximum atomic E-state index is 12.8. The minimum absolute atomic E-state index is 0.186. The van der Waals surface area contributed by atoms with Crippen molar-refractivity contribution in [3.63, 3.8) is 0 Å². The number of halogens is 2. The van der Waals surface area contributed by atoms with Crippen LogP contribution in [0.25, 0.3) is 6.08 Å². The number of hydrogen-bond acceptors (Lipinski definition) is 6. The first-order chi connectivity index (χ1) is 15.9. The Kier molecular flexibility index (Phi) is 7.39. The van der Waals surface area contributed by atoms with Crippen LogP contribution in [0.15, 0.2) is 70.2 Å². The molecule has 4 rings (SSSR count). The topological polar surface area (TPSA) is 71.8 Å². The van der Waals surface area contributed by atoms with E-state index in [2.05, 4.69) is 5.32 Å². The lowest BCUT2D eigenvalue weighted by atomic mass is 10.2. The fraction of sp³-hybridized carbons (Fsp3) is 0.0870. The summed E-state index contributed by atoms with van der Waals surface area (Å²) in [5.74, 6) is 0.604. The minimum atomic E-state index is -0.349. The molecule has 1 aliphatic rings. The fourth-order valence-electron chi connectivity index (χ4n) is 2.96. The molecule has 0 aliphatic carbocycles. The van der Waals surface area contributed by atoms with Crippen LogP contribution < -0.4 is 10.1 Å². The average molecular weight is 519 g/mol. The van der Waals surface area contributed by atoms with Gasteiger partial charge in [-0.2, -0.15) is 0 Å². The van der Waals surface area contributed by atoms with Gasteiger partial charge in [0.1, 0.15) is 15.8 Å². The molecule has 2 aromatic carbocycles. The lowest BCUT2D eigenvalue weighted by Crippen LogP contribution is -2.27. The van der Waals surface area contributed by atoms with E-state index in [0.29, 0.717) is 36.5 Å². The van der Waals surface area contributed by atoms with Crippen molar-refractivity contribution in [2.75, 3.05) is 11.9 Å². The van der Waals surface area contributed by atoms with Crippen molar-refractivity contribution in [3.8, 4) is 5.75 Å². The number of carbonyl (C=O) groups is 2. The zero-order chi connectivity index (χ0) is 23.4. The summed E-state index contributed by atoms with van der Waals surface area (Å²) in [7, 11) is 0. The van der Waals surface area contributed by atoms with E-state index in [1.54, 1.807) is 60.9 Å². The number of amides is 2. The van der Waals surface area contributed by atoms with E-state index in [9.17, 15) is 9.59 Å². The number of hydrogen-bond donors (Lipinski definition) is 1. The summed E-state index contributed by atoms with van der Waals surface area (Å²) >= 11 is 18.4. The Hall–Kier alpha value is -2.78. The Morgan fingerprint density at radius 1 is 1.15 bits per heavy atom. The third-order valence-corrected chi connectivity index (χ3v) is 6.61. The Morgan fingerprint density at radius 2 is 2.00 bits per heavy atom. The highest BCUT2D eigenvalue weighted by molar-refractivity contribution is 8.26. The second-order valence-corrected chi connectivity index (χ2v) is 9.38. The molecule has 0 bridgehead atoms. The number of thioether (sulfide) groups is 1. The van der Waals surface area contributed by atoms with Crippen LogP contribution in [0.1, 0.15) is 11.3 Å². The van der Waals surface area contributed by atoms with E-state index >= 15 is 0 Å². The number of carbonyl (C=O) groups excluding carboxylic acids is 2. The number of furan rings is 1. The third kappa shape index (κ3) is 5.97. The van der Waals surface area contributed by atoms with Crippen LogP contribution >= 0.6 is 47.2 Å². The van der Waals surface area contributed by atoms with E-state index in [4.69, 9.17) is 44.6 Å². The Bertz CT molecular complexity index is 1250. The maximum Gasteiger partial charge on any atom is 0.266 e. The number of anilines is 1. The van der Waals surface area contributed by atoms with Crippen LogP contribution in [-0.2, 0) is 16.1 Å². The van der Waals surface area contributed by atoms with Crippen molar-refractivity contribution in [1.82, 2.24) is 4.90 Å². The van der Waals surface area contributed by atoms with Crippen molar-refractivity contribution in [3.05, 3.63) is 87.1 Å². The first kappa shape index (κ1) is 23.4. The zero-order valence-corrected chi connectivity index (χ0v) is 20.1. The molecule has 3 aromatic rings. The van der Waals surface area contributed by atoms with Gasteiger partial charge in [-0.05, 0) is 54.1 Å². The van der Waals surface area contributed by atoms with Gasteiger partial charge in [0.05, 0.1) is 27.8 Å². The molecule has 33 heavy (non-hydrogen) atoms. The van der Waals surface area contributed by atoms with Crippen LogP contribution in [0.5, 0.6) is 5.75 Å². The molecule has 168 valence electrons. The van der Waals surface area contributed by atoms with Crippen LogP contribution in [-0.4, -0.2) is 27.6 Å². The molecule has 1 saturated heterocycles. The van der Waals surface area contributed by atoms with E-state index in [0.717, 1.165) is 5.56 Å². The Morgan fingerprint density at radius 3 is 2.76 bits per heavy atom. The van der Waals surface area contributed by atoms with Crippen molar-refractivity contribution < 1.29 is 18.7 Å². The molecule has 2 amide bonds. The van der Waals surface area contributed by atoms with Gasteiger partial charge in [0, 0.05) is 5.69 Å². The van der Waals surface area contributed by atoms with Gasteiger partial charge in [-0.1, -0.05) is 59.3 Å². The van der Waals surface area contributed by atoms with Crippen LogP contribution in [0.3, 0.4) is 0 Å². The van der Waals surface area contributed by atoms with Gasteiger partial charge < -0.3 is 14.5 Å². The Labute approximate surface area is 209 Å². The zero-order valence-electron chi connectivity index (χ0n) is 16.9. The molecule has 1 N–H and O–H groups in total. The highest BCUT2D eigenvalue weighted by atomic mass is 35.5. The van der Waals surface area contributed by atoms with Crippen LogP contribution in [0, 0.1) is 0 Å². The second-order valence-electron chi connectivity index (χ2n) is 6.89. The van der Waals surface area contributed by atoms with Crippen molar-refractivity contribution in [2.45, 2.75) is 6.54 Å². The van der Waals surface area contributed by atoms with Gasteiger partial charge >= 0.3 is 0 Å². The molecule has 1 aromatic heterocycles. The summed E-state index contributed by atoms with van der Waals surface area (Å²) in [6.45, 7) is 0.0844. The molecule has 0 saturated carbocycles. The molecule has 2 heterocycles. The lowest BCUT2D eigenvalue weighted by Gasteiger charge is -2.12. The third-order valence-electron chi connectivity index (χ3n) is 4.50. The fourth-order valence-corrected chi connectivity index (χ4v) is 4.51. The first-order valence-electron chi connectivity index (χ1n) is 9.64. The predicted molar refractivity (Wildman–Crippen MR) is 134 cm³/mol. The number of nitrogens with one attached hydrogen (secondary N) is 1. The van der Waals surface area contributed by atoms with Crippen molar-refractivity contribution >= 4 is 75.1 Å². The molecular weight excluding hydrogens is 503 g/mol. The van der Waals surface area contributed by atoms with Crippen LogP contribution in [0.2, 0.25) is 10.0 Å². The quantitative estimate of drug-likeness (QED) is 0.305. The largest absolute Gasteiger partial charge is 0.484 e. The first-order valence-corrected chi connectivity index (χ1v) is 11.6. The molecule has 1 aliphatic heterocycles. The van der Waals surface area contributed by atoms with E-state index in [-0.39, 0.29) is 25.0 Å². The summed E-state index contributed by atoms with van der Waals surface area (Å²) in [6.07, 6.45) is 3.29.